The molecule has 0 saturated carbocycles. The largest absolute Gasteiger partial charge is 0.449 e. The van der Waals surface area contributed by atoms with E-state index in [9.17, 15) is 14.4 Å². The first-order chi connectivity index (χ1) is 10.3. The predicted molar refractivity (Wildman–Crippen MR) is 81.9 cm³/mol. The number of hydrogen-bond acceptors (Lipinski definition) is 4. The van der Waals surface area contributed by atoms with Gasteiger partial charge in [-0.1, -0.05) is 34.1 Å². The van der Waals surface area contributed by atoms with Crippen LogP contribution in [0.5, 0.6) is 0 Å². The molecule has 1 fully saturated rings. The molecular formula is C15H27N3O4. The van der Waals surface area contributed by atoms with Crippen LogP contribution in [0.4, 0.5) is 4.79 Å². The van der Waals surface area contributed by atoms with Gasteiger partial charge in [-0.05, 0) is 18.3 Å². The van der Waals surface area contributed by atoms with Crippen LogP contribution >= 0.6 is 0 Å². The number of amides is 3. The minimum atomic E-state index is -0.702. The van der Waals surface area contributed by atoms with Crippen LogP contribution in [0.1, 0.15) is 40.5 Å². The lowest BCUT2D eigenvalue weighted by Crippen LogP contribution is -2.63. The van der Waals surface area contributed by atoms with Gasteiger partial charge in [0.15, 0.2) is 0 Å². The Bertz CT molecular complexity index is 425. The molecule has 3 N–H and O–H groups in total. The summed E-state index contributed by atoms with van der Waals surface area (Å²) in [6, 6.07) is -1.26. The fourth-order valence-corrected chi connectivity index (χ4v) is 2.22. The summed E-state index contributed by atoms with van der Waals surface area (Å²) in [5, 5.41) is 2.63. The fraction of sp³-hybridized carbons (Fsp3) is 0.800. The lowest BCUT2D eigenvalue weighted by Gasteiger charge is -2.41. The van der Waals surface area contributed by atoms with Gasteiger partial charge in [0, 0.05) is 6.54 Å². The van der Waals surface area contributed by atoms with Crippen molar-refractivity contribution in [2.24, 2.45) is 17.6 Å². The molecule has 0 aromatic carbocycles. The zero-order valence-electron chi connectivity index (χ0n) is 13.8. The molecule has 7 nitrogen and oxygen atoms in total. The van der Waals surface area contributed by atoms with Crippen LogP contribution in [0.15, 0.2) is 0 Å². The molecule has 1 aliphatic heterocycles. The smallest absolute Gasteiger partial charge is 0.407 e. The van der Waals surface area contributed by atoms with Crippen LogP contribution in [-0.2, 0) is 14.3 Å². The first kappa shape index (κ1) is 18.3. The van der Waals surface area contributed by atoms with E-state index in [-0.39, 0.29) is 17.7 Å². The average Bonchev–Trinajstić information content (AvgIpc) is 2.39. The Morgan fingerprint density at radius 1 is 1.32 bits per heavy atom. The quantitative estimate of drug-likeness (QED) is 0.728. The second-order valence-electron chi connectivity index (χ2n) is 6.24. The minimum Gasteiger partial charge on any atom is -0.449 e. The summed E-state index contributed by atoms with van der Waals surface area (Å²) in [6.45, 7) is 8.46. The second kappa shape index (κ2) is 8.00. The van der Waals surface area contributed by atoms with Gasteiger partial charge < -0.3 is 20.7 Å². The molecule has 7 heteroatoms. The molecule has 126 valence electrons. The number of hydrogen-bond donors (Lipinski definition) is 2. The normalized spacial score (nSPS) is 20.0. The molecule has 0 aromatic rings. The van der Waals surface area contributed by atoms with Gasteiger partial charge in [0.2, 0.25) is 11.8 Å². The highest BCUT2D eigenvalue weighted by Crippen LogP contribution is 2.21. The van der Waals surface area contributed by atoms with E-state index in [1.165, 1.54) is 4.90 Å². The number of nitrogens with two attached hydrogens (primary N) is 1. The van der Waals surface area contributed by atoms with E-state index in [1.807, 2.05) is 27.7 Å². The minimum absolute atomic E-state index is 0.0618. The van der Waals surface area contributed by atoms with Crippen molar-refractivity contribution in [3.8, 4) is 0 Å². The number of carbonyl (C=O) groups is 3. The van der Waals surface area contributed by atoms with E-state index in [2.05, 4.69) is 5.32 Å². The Morgan fingerprint density at radius 2 is 1.95 bits per heavy atom. The molecule has 3 amide bonds. The van der Waals surface area contributed by atoms with Gasteiger partial charge in [0.05, 0.1) is 6.61 Å². The SMILES string of the molecule is CCC(C)[C@H](NC(=O)OCC(C)C)C(=O)N1CC[C@H]1C(N)=O. The van der Waals surface area contributed by atoms with E-state index >= 15 is 0 Å². The van der Waals surface area contributed by atoms with Crippen LogP contribution in [0, 0.1) is 11.8 Å². The molecule has 22 heavy (non-hydrogen) atoms. The maximum absolute atomic E-state index is 12.6. The summed E-state index contributed by atoms with van der Waals surface area (Å²) in [7, 11) is 0. The van der Waals surface area contributed by atoms with Crippen molar-refractivity contribution in [1.29, 1.82) is 0 Å². The topological polar surface area (TPSA) is 102 Å². The van der Waals surface area contributed by atoms with E-state index in [4.69, 9.17) is 10.5 Å². The molecule has 0 spiro atoms. The highest BCUT2D eigenvalue weighted by atomic mass is 16.5. The molecular weight excluding hydrogens is 286 g/mol. The van der Waals surface area contributed by atoms with Gasteiger partial charge in [-0.3, -0.25) is 9.59 Å². The summed E-state index contributed by atoms with van der Waals surface area (Å²) in [4.78, 5) is 37.1. The van der Waals surface area contributed by atoms with E-state index in [1.54, 1.807) is 0 Å². The third-order valence-electron chi connectivity index (χ3n) is 3.93. The van der Waals surface area contributed by atoms with Crippen molar-refractivity contribution in [3.63, 3.8) is 0 Å². The third kappa shape index (κ3) is 4.61. The van der Waals surface area contributed by atoms with Gasteiger partial charge in [0.1, 0.15) is 12.1 Å². The van der Waals surface area contributed by atoms with Gasteiger partial charge in [0.25, 0.3) is 0 Å². The zero-order valence-corrected chi connectivity index (χ0v) is 13.8. The fourth-order valence-electron chi connectivity index (χ4n) is 2.22. The number of likely N-dealkylation sites (tertiary alicyclic amines) is 1. The summed E-state index contributed by atoms with van der Waals surface area (Å²) < 4.78 is 5.07. The molecule has 1 aliphatic rings. The number of nitrogens with zero attached hydrogens (tertiary/aromatic N) is 1. The first-order valence-electron chi connectivity index (χ1n) is 7.81. The van der Waals surface area contributed by atoms with E-state index in [0.717, 1.165) is 6.42 Å². The maximum atomic E-state index is 12.6. The standard InChI is InChI=1S/C15H27N3O4/c1-5-10(4)12(17-15(21)22-8-9(2)3)14(20)18-7-6-11(18)13(16)19/h9-12H,5-8H2,1-4H3,(H2,16,19)(H,17,21)/t10?,11-,12-/m0/s1. The maximum Gasteiger partial charge on any atom is 0.407 e. The van der Waals surface area contributed by atoms with Crippen molar-refractivity contribution in [2.75, 3.05) is 13.2 Å². The van der Waals surface area contributed by atoms with Gasteiger partial charge in [-0.2, -0.15) is 0 Å². The monoisotopic (exact) mass is 313 g/mol. The average molecular weight is 313 g/mol. The lowest BCUT2D eigenvalue weighted by atomic mass is 9.94. The molecule has 0 aliphatic carbocycles. The van der Waals surface area contributed by atoms with Gasteiger partial charge in [-0.15, -0.1) is 0 Å². The van der Waals surface area contributed by atoms with Crippen LogP contribution in [0.2, 0.25) is 0 Å². The highest BCUT2D eigenvalue weighted by molar-refractivity contribution is 5.92. The molecule has 1 rings (SSSR count). The first-order valence-corrected chi connectivity index (χ1v) is 7.81. The third-order valence-corrected chi connectivity index (χ3v) is 3.93. The molecule has 3 atom stereocenters. The Balaban J connectivity index is 2.70. The molecule has 1 unspecified atom stereocenters. The molecule has 1 heterocycles. The molecule has 1 saturated heterocycles. The zero-order chi connectivity index (χ0) is 16.9. The van der Waals surface area contributed by atoms with Crippen LogP contribution < -0.4 is 11.1 Å². The predicted octanol–water partition coefficient (Wildman–Crippen LogP) is 0.870. The van der Waals surface area contributed by atoms with Crippen molar-refractivity contribution in [2.45, 2.75) is 52.6 Å². The Hall–Kier alpha value is -1.79. The van der Waals surface area contributed by atoms with Crippen LogP contribution in [0.3, 0.4) is 0 Å². The highest BCUT2D eigenvalue weighted by Gasteiger charge is 2.41. The number of alkyl carbamates (subject to hydrolysis) is 1. The van der Waals surface area contributed by atoms with E-state index < -0.39 is 24.1 Å². The number of ether oxygens (including phenoxy) is 1. The Kier molecular flexibility index (Phi) is 6.64. The summed E-state index contributed by atoms with van der Waals surface area (Å²) >= 11 is 0. The summed E-state index contributed by atoms with van der Waals surface area (Å²) in [6.07, 6.45) is 0.686. The molecule has 0 radical (unpaired) electrons. The number of nitrogens with one attached hydrogen (secondary N) is 1. The van der Waals surface area contributed by atoms with Crippen molar-refractivity contribution >= 4 is 17.9 Å². The number of rotatable bonds is 7. The van der Waals surface area contributed by atoms with Crippen molar-refractivity contribution in [1.82, 2.24) is 10.2 Å². The van der Waals surface area contributed by atoms with Crippen molar-refractivity contribution in [3.05, 3.63) is 0 Å². The van der Waals surface area contributed by atoms with Crippen molar-refractivity contribution < 1.29 is 19.1 Å². The summed E-state index contributed by atoms with van der Waals surface area (Å²) in [5.41, 5.74) is 5.27. The van der Waals surface area contributed by atoms with E-state index in [0.29, 0.717) is 19.6 Å². The number of carbonyl (C=O) groups excluding carboxylic acids is 3. The molecule has 0 aromatic heterocycles. The van der Waals surface area contributed by atoms with Crippen LogP contribution in [0.25, 0.3) is 0 Å². The second-order valence-corrected chi connectivity index (χ2v) is 6.24. The Labute approximate surface area is 131 Å². The van der Waals surface area contributed by atoms with Gasteiger partial charge >= 0.3 is 6.09 Å². The number of primary amides is 1. The Morgan fingerprint density at radius 3 is 2.36 bits per heavy atom. The summed E-state index contributed by atoms with van der Waals surface area (Å²) in [5.74, 6) is -0.623. The van der Waals surface area contributed by atoms with Crippen LogP contribution in [-0.4, -0.2) is 48.0 Å². The van der Waals surface area contributed by atoms with Gasteiger partial charge in [-0.25, -0.2) is 4.79 Å². The molecule has 0 bridgehead atoms. The lowest BCUT2D eigenvalue weighted by molar-refractivity contribution is -0.148.